The molecule has 1 aliphatic rings. The summed E-state index contributed by atoms with van der Waals surface area (Å²) in [6.45, 7) is 0.839. The van der Waals surface area contributed by atoms with E-state index in [0.717, 1.165) is 10.9 Å². The molecule has 7 heteroatoms. The molecule has 2 heterocycles. The summed E-state index contributed by atoms with van der Waals surface area (Å²) in [5.41, 5.74) is 7.38. The summed E-state index contributed by atoms with van der Waals surface area (Å²) in [6.07, 6.45) is 1.38. The minimum absolute atomic E-state index is 0.197. The van der Waals surface area contributed by atoms with Gasteiger partial charge in [-0.3, -0.25) is 4.79 Å². The van der Waals surface area contributed by atoms with Crippen molar-refractivity contribution in [2.24, 2.45) is 0 Å². The zero-order chi connectivity index (χ0) is 17.4. The number of halogens is 1. The van der Waals surface area contributed by atoms with Gasteiger partial charge >= 0.3 is 0 Å². The second kappa shape index (κ2) is 5.98. The molecule has 1 saturated heterocycles. The fourth-order valence-corrected chi connectivity index (χ4v) is 3.02. The van der Waals surface area contributed by atoms with Crippen LogP contribution in [0.4, 0.5) is 5.82 Å². The van der Waals surface area contributed by atoms with Crippen LogP contribution in [0.1, 0.15) is 15.9 Å². The number of aromatic nitrogens is 2. The van der Waals surface area contributed by atoms with Crippen LogP contribution >= 0.6 is 11.6 Å². The lowest BCUT2D eigenvalue weighted by Crippen LogP contribution is -2.59. The standard InChI is InChI=1S/C18H15ClN4O2/c19-13-4-2-12(3-5-13)18(8-25-9-18)23-17(24)11-1-6-14-15(7-11)21-10-22-16(14)20/h1-7,10H,8-9H2,(H,23,24)(H2,20,21,22). The Balaban J connectivity index is 1.63. The van der Waals surface area contributed by atoms with E-state index in [0.29, 0.717) is 35.1 Å². The predicted molar refractivity (Wildman–Crippen MR) is 95.4 cm³/mol. The monoisotopic (exact) mass is 354 g/mol. The zero-order valence-electron chi connectivity index (χ0n) is 13.2. The first kappa shape index (κ1) is 15.8. The van der Waals surface area contributed by atoms with E-state index in [1.165, 1.54) is 6.33 Å². The SMILES string of the molecule is Nc1ncnc2cc(C(=O)NC3(c4ccc(Cl)cc4)COC3)ccc12. The minimum Gasteiger partial charge on any atom is -0.383 e. The summed E-state index contributed by atoms with van der Waals surface area (Å²) in [7, 11) is 0. The molecule has 2 aromatic carbocycles. The van der Waals surface area contributed by atoms with E-state index in [-0.39, 0.29) is 5.91 Å². The molecule has 4 rings (SSSR count). The Morgan fingerprint density at radius 2 is 1.92 bits per heavy atom. The van der Waals surface area contributed by atoms with Crippen LogP contribution in [0.2, 0.25) is 5.02 Å². The number of benzene rings is 2. The molecule has 0 spiro atoms. The number of nitrogen functional groups attached to an aromatic ring is 1. The summed E-state index contributed by atoms with van der Waals surface area (Å²) < 4.78 is 5.36. The van der Waals surface area contributed by atoms with Gasteiger partial charge in [-0.05, 0) is 35.9 Å². The highest BCUT2D eigenvalue weighted by atomic mass is 35.5. The first-order valence-corrected chi connectivity index (χ1v) is 8.12. The van der Waals surface area contributed by atoms with Crippen molar-refractivity contribution in [3.05, 3.63) is 64.9 Å². The number of hydrogen-bond donors (Lipinski definition) is 2. The average Bonchev–Trinajstić information content (AvgIpc) is 2.59. The molecular formula is C18H15ClN4O2. The zero-order valence-corrected chi connectivity index (χ0v) is 14.0. The number of nitrogens with two attached hydrogens (primary N) is 1. The van der Waals surface area contributed by atoms with Gasteiger partial charge in [0.25, 0.3) is 5.91 Å². The van der Waals surface area contributed by atoms with Gasteiger partial charge in [0.05, 0.1) is 18.7 Å². The highest BCUT2D eigenvalue weighted by Crippen LogP contribution is 2.31. The molecule has 1 fully saturated rings. The summed E-state index contributed by atoms with van der Waals surface area (Å²) in [5, 5.41) is 4.45. The molecule has 126 valence electrons. The third-order valence-electron chi connectivity index (χ3n) is 4.38. The molecular weight excluding hydrogens is 340 g/mol. The van der Waals surface area contributed by atoms with E-state index in [4.69, 9.17) is 22.1 Å². The number of ether oxygens (including phenoxy) is 1. The lowest BCUT2D eigenvalue weighted by Gasteiger charge is -2.42. The molecule has 1 amide bonds. The summed E-state index contributed by atoms with van der Waals surface area (Å²) in [5.74, 6) is 0.194. The van der Waals surface area contributed by atoms with Gasteiger partial charge in [0.2, 0.25) is 0 Å². The van der Waals surface area contributed by atoms with Crippen LogP contribution < -0.4 is 11.1 Å². The van der Waals surface area contributed by atoms with E-state index in [2.05, 4.69) is 15.3 Å². The number of carbonyl (C=O) groups is 1. The number of hydrogen-bond acceptors (Lipinski definition) is 5. The largest absolute Gasteiger partial charge is 0.383 e. The number of anilines is 1. The molecule has 0 unspecified atom stereocenters. The molecule has 1 aromatic heterocycles. The van der Waals surface area contributed by atoms with Gasteiger partial charge in [-0.1, -0.05) is 23.7 Å². The van der Waals surface area contributed by atoms with Gasteiger partial charge in [-0.15, -0.1) is 0 Å². The molecule has 3 N–H and O–H groups in total. The Bertz CT molecular complexity index is 955. The molecule has 6 nitrogen and oxygen atoms in total. The molecule has 0 aliphatic carbocycles. The average molecular weight is 355 g/mol. The molecule has 0 bridgehead atoms. The van der Waals surface area contributed by atoms with Crippen LogP contribution in [0.3, 0.4) is 0 Å². The van der Waals surface area contributed by atoms with E-state index in [1.54, 1.807) is 30.3 Å². The molecule has 0 saturated carbocycles. The fourth-order valence-electron chi connectivity index (χ4n) is 2.89. The normalized spacial score (nSPS) is 15.6. The van der Waals surface area contributed by atoms with Crippen LogP contribution in [-0.2, 0) is 10.3 Å². The quantitative estimate of drug-likeness (QED) is 0.754. The Kier molecular flexibility index (Phi) is 3.78. The first-order chi connectivity index (χ1) is 12.1. The van der Waals surface area contributed by atoms with Crippen LogP contribution in [-0.4, -0.2) is 29.1 Å². The predicted octanol–water partition coefficient (Wildman–Crippen LogP) is 2.52. The van der Waals surface area contributed by atoms with Gasteiger partial charge in [-0.2, -0.15) is 0 Å². The third-order valence-corrected chi connectivity index (χ3v) is 4.63. The van der Waals surface area contributed by atoms with Crippen LogP contribution in [0.25, 0.3) is 10.9 Å². The van der Waals surface area contributed by atoms with Crippen molar-refractivity contribution < 1.29 is 9.53 Å². The Morgan fingerprint density at radius 1 is 1.16 bits per heavy atom. The fraction of sp³-hybridized carbons (Fsp3) is 0.167. The number of carbonyl (C=O) groups excluding carboxylic acids is 1. The maximum atomic E-state index is 12.8. The lowest BCUT2D eigenvalue weighted by atomic mass is 9.87. The molecule has 0 radical (unpaired) electrons. The molecule has 3 aromatic rings. The molecule has 25 heavy (non-hydrogen) atoms. The van der Waals surface area contributed by atoms with Gasteiger partial charge in [-0.25, -0.2) is 9.97 Å². The molecule has 1 aliphatic heterocycles. The number of fused-ring (bicyclic) bond motifs is 1. The van der Waals surface area contributed by atoms with Crippen molar-refractivity contribution >= 4 is 34.2 Å². The number of amides is 1. The topological polar surface area (TPSA) is 90.1 Å². The first-order valence-electron chi connectivity index (χ1n) is 7.74. The smallest absolute Gasteiger partial charge is 0.252 e. The third kappa shape index (κ3) is 2.79. The van der Waals surface area contributed by atoms with Crippen molar-refractivity contribution in [1.82, 2.24) is 15.3 Å². The van der Waals surface area contributed by atoms with Crippen LogP contribution in [0.15, 0.2) is 48.8 Å². The van der Waals surface area contributed by atoms with Crippen molar-refractivity contribution in [2.45, 2.75) is 5.54 Å². The number of rotatable bonds is 3. The maximum absolute atomic E-state index is 12.8. The Labute approximate surface area is 149 Å². The summed E-state index contributed by atoms with van der Waals surface area (Å²) in [6, 6.07) is 12.6. The summed E-state index contributed by atoms with van der Waals surface area (Å²) in [4.78, 5) is 20.9. The van der Waals surface area contributed by atoms with E-state index in [1.807, 2.05) is 12.1 Å². The van der Waals surface area contributed by atoms with Gasteiger partial charge in [0.1, 0.15) is 17.7 Å². The van der Waals surface area contributed by atoms with Gasteiger partial charge in [0, 0.05) is 16.0 Å². The highest BCUT2D eigenvalue weighted by molar-refractivity contribution is 6.30. The van der Waals surface area contributed by atoms with Crippen molar-refractivity contribution in [3.8, 4) is 0 Å². The second-order valence-corrected chi connectivity index (χ2v) is 6.46. The summed E-state index contributed by atoms with van der Waals surface area (Å²) >= 11 is 5.95. The highest BCUT2D eigenvalue weighted by Gasteiger charge is 2.41. The van der Waals surface area contributed by atoms with Crippen molar-refractivity contribution in [1.29, 1.82) is 0 Å². The number of nitrogens with zero attached hydrogens (tertiary/aromatic N) is 2. The van der Waals surface area contributed by atoms with E-state index < -0.39 is 5.54 Å². The molecule has 0 atom stereocenters. The van der Waals surface area contributed by atoms with E-state index >= 15 is 0 Å². The van der Waals surface area contributed by atoms with E-state index in [9.17, 15) is 4.79 Å². The Morgan fingerprint density at radius 3 is 2.60 bits per heavy atom. The minimum atomic E-state index is -0.540. The lowest BCUT2D eigenvalue weighted by molar-refractivity contribution is -0.0733. The van der Waals surface area contributed by atoms with Gasteiger partial charge in [0.15, 0.2) is 0 Å². The Hall–Kier alpha value is -2.70. The van der Waals surface area contributed by atoms with Crippen LogP contribution in [0.5, 0.6) is 0 Å². The van der Waals surface area contributed by atoms with Crippen LogP contribution in [0, 0.1) is 0 Å². The van der Waals surface area contributed by atoms with Crippen molar-refractivity contribution in [2.75, 3.05) is 18.9 Å². The second-order valence-electron chi connectivity index (χ2n) is 6.03. The maximum Gasteiger partial charge on any atom is 0.252 e. The van der Waals surface area contributed by atoms with Crippen molar-refractivity contribution in [3.63, 3.8) is 0 Å². The number of nitrogens with one attached hydrogen (secondary N) is 1. The van der Waals surface area contributed by atoms with Gasteiger partial charge < -0.3 is 15.8 Å².